The van der Waals surface area contributed by atoms with E-state index < -0.39 is 0 Å². The van der Waals surface area contributed by atoms with Gasteiger partial charge in [0.15, 0.2) is 18.1 Å². The molecule has 2 unspecified atom stereocenters. The van der Waals surface area contributed by atoms with E-state index in [1.165, 1.54) is 0 Å². The summed E-state index contributed by atoms with van der Waals surface area (Å²) in [5.74, 6) is 1.62. The first kappa shape index (κ1) is 18.6. The van der Waals surface area contributed by atoms with Crippen molar-refractivity contribution in [1.82, 2.24) is 4.90 Å². The number of nitrogens with zero attached hydrogens (tertiary/aromatic N) is 1. The van der Waals surface area contributed by atoms with Crippen LogP contribution >= 0.6 is 12.4 Å². The molecule has 1 aliphatic rings. The average Bonchev–Trinajstić information content (AvgIpc) is 2.52. The second-order valence-electron chi connectivity index (χ2n) is 5.54. The number of methoxy groups -OCH3 is 1. The molecule has 0 aromatic heterocycles. The van der Waals surface area contributed by atoms with Crippen LogP contribution in [0.2, 0.25) is 0 Å². The van der Waals surface area contributed by atoms with Gasteiger partial charge in [0.1, 0.15) is 0 Å². The highest BCUT2D eigenvalue weighted by Crippen LogP contribution is 2.26. The fraction of sp³-hybridized carbons (Fsp3) is 0.562. The van der Waals surface area contributed by atoms with Gasteiger partial charge >= 0.3 is 0 Å². The molecular formula is C16H25ClN2O3. The molecule has 124 valence electrons. The van der Waals surface area contributed by atoms with E-state index >= 15 is 0 Å². The van der Waals surface area contributed by atoms with E-state index in [2.05, 4.69) is 0 Å². The van der Waals surface area contributed by atoms with Gasteiger partial charge in [0, 0.05) is 19.1 Å². The number of ether oxygens (including phenoxy) is 2. The summed E-state index contributed by atoms with van der Waals surface area (Å²) in [5.41, 5.74) is 5.95. The topological polar surface area (TPSA) is 64.8 Å². The van der Waals surface area contributed by atoms with Crippen molar-refractivity contribution < 1.29 is 14.3 Å². The smallest absolute Gasteiger partial charge is 0.260 e. The fourth-order valence-electron chi connectivity index (χ4n) is 2.63. The molecule has 0 spiro atoms. The van der Waals surface area contributed by atoms with Gasteiger partial charge in [-0.05, 0) is 37.8 Å². The summed E-state index contributed by atoms with van der Waals surface area (Å²) >= 11 is 0. The highest BCUT2D eigenvalue weighted by Gasteiger charge is 2.26. The molecule has 6 heteroatoms. The SMILES string of the molecule is COc1ccccc1OCC(=O)N1CCCC(C(C)N)C1.Cl. The number of halogens is 1. The Bertz CT molecular complexity index is 482. The van der Waals surface area contributed by atoms with Gasteiger partial charge < -0.3 is 20.1 Å². The second kappa shape index (κ2) is 8.86. The molecule has 2 rings (SSSR count). The number of hydrogen-bond acceptors (Lipinski definition) is 4. The van der Waals surface area contributed by atoms with E-state index in [-0.39, 0.29) is 31.0 Å². The summed E-state index contributed by atoms with van der Waals surface area (Å²) in [6.07, 6.45) is 2.10. The molecule has 2 N–H and O–H groups in total. The number of nitrogens with two attached hydrogens (primary N) is 1. The lowest BCUT2D eigenvalue weighted by Gasteiger charge is -2.34. The van der Waals surface area contributed by atoms with Gasteiger partial charge in [-0.2, -0.15) is 0 Å². The number of rotatable bonds is 5. The summed E-state index contributed by atoms with van der Waals surface area (Å²) in [7, 11) is 1.59. The fourth-order valence-corrected chi connectivity index (χ4v) is 2.63. The zero-order valence-corrected chi connectivity index (χ0v) is 14.0. The molecule has 1 aromatic rings. The van der Waals surface area contributed by atoms with Crippen molar-refractivity contribution >= 4 is 18.3 Å². The largest absolute Gasteiger partial charge is 0.493 e. The van der Waals surface area contributed by atoms with Crippen LogP contribution in [0.25, 0.3) is 0 Å². The summed E-state index contributed by atoms with van der Waals surface area (Å²) in [6.45, 7) is 3.55. The maximum Gasteiger partial charge on any atom is 0.260 e. The second-order valence-corrected chi connectivity index (χ2v) is 5.54. The van der Waals surface area contributed by atoms with Crippen molar-refractivity contribution in [1.29, 1.82) is 0 Å². The minimum Gasteiger partial charge on any atom is -0.493 e. The number of amides is 1. The Kier molecular flexibility index (Phi) is 7.48. The summed E-state index contributed by atoms with van der Waals surface area (Å²) in [4.78, 5) is 14.1. The zero-order chi connectivity index (χ0) is 15.2. The molecule has 0 saturated carbocycles. The molecule has 1 amide bonds. The first-order valence-electron chi connectivity index (χ1n) is 7.41. The molecule has 0 bridgehead atoms. The maximum atomic E-state index is 12.3. The number of likely N-dealkylation sites (tertiary alicyclic amines) is 1. The Morgan fingerprint density at radius 3 is 2.73 bits per heavy atom. The Morgan fingerprint density at radius 1 is 1.41 bits per heavy atom. The minimum absolute atomic E-state index is 0. The van der Waals surface area contributed by atoms with Crippen LogP contribution in [0.5, 0.6) is 11.5 Å². The molecule has 5 nitrogen and oxygen atoms in total. The number of piperidine rings is 1. The molecule has 1 aromatic carbocycles. The zero-order valence-electron chi connectivity index (χ0n) is 13.2. The third-order valence-electron chi connectivity index (χ3n) is 3.97. The van der Waals surface area contributed by atoms with Gasteiger partial charge in [-0.15, -0.1) is 12.4 Å². The third kappa shape index (κ3) is 4.78. The summed E-state index contributed by atoms with van der Waals surface area (Å²) in [6, 6.07) is 7.46. The van der Waals surface area contributed by atoms with Crippen LogP contribution in [0.4, 0.5) is 0 Å². The van der Waals surface area contributed by atoms with Crippen molar-refractivity contribution in [3.8, 4) is 11.5 Å². The van der Waals surface area contributed by atoms with Crippen LogP contribution in [0.3, 0.4) is 0 Å². The van der Waals surface area contributed by atoms with Gasteiger partial charge in [0.05, 0.1) is 7.11 Å². The lowest BCUT2D eigenvalue weighted by Crippen LogP contribution is -2.46. The maximum absolute atomic E-state index is 12.3. The van der Waals surface area contributed by atoms with Crippen molar-refractivity contribution in [2.45, 2.75) is 25.8 Å². The Balaban J connectivity index is 0.00000242. The van der Waals surface area contributed by atoms with Crippen LogP contribution in [-0.4, -0.2) is 43.7 Å². The van der Waals surface area contributed by atoms with Crippen LogP contribution in [0.15, 0.2) is 24.3 Å². The third-order valence-corrected chi connectivity index (χ3v) is 3.97. The van der Waals surface area contributed by atoms with Gasteiger partial charge in [-0.25, -0.2) is 0 Å². The van der Waals surface area contributed by atoms with Crippen molar-refractivity contribution in [3.63, 3.8) is 0 Å². The lowest BCUT2D eigenvalue weighted by atomic mass is 9.92. The Hall–Kier alpha value is -1.46. The minimum atomic E-state index is 0. The van der Waals surface area contributed by atoms with E-state index in [9.17, 15) is 4.79 Å². The molecule has 22 heavy (non-hydrogen) atoms. The number of benzene rings is 1. The highest BCUT2D eigenvalue weighted by atomic mass is 35.5. The number of para-hydroxylation sites is 2. The molecule has 0 aliphatic carbocycles. The Morgan fingerprint density at radius 2 is 2.09 bits per heavy atom. The summed E-state index contributed by atoms with van der Waals surface area (Å²) in [5, 5.41) is 0. The monoisotopic (exact) mass is 328 g/mol. The quantitative estimate of drug-likeness (QED) is 0.898. The average molecular weight is 329 g/mol. The van der Waals surface area contributed by atoms with Crippen molar-refractivity contribution in [2.75, 3.05) is 26.8 Å². The van der Waals surface area contributed by atoms with Crippen molar-refractivity contribution in [2.24, 2.45) is 11.7 Å². The van der Waals surface area contributed by atoms with Crippen LogP contribution < -0.4 is 15.2 Å². The van der Waals surface area contributed by atoms with E-state index in [1.54, 1.807) is 13.2 Å². The van der Waals surface area contributed by atoms with Gasteiger partial charge in [0.25, 0.3) is 5.91 Å². The number of hydrogen-bond donors (Lipinski definition) is 1. The molecule has 1 saturated heterocycles. The number of carbonyl (C=O) groups is 1. The summed E-state index contributed by atoms with van der Waals surface area (Å²) < 4.78 is 10.8. The van der Waals surface area contributed by atoms with Gasteiger partial charge in [-0.3, -0.25) is 4.79 Å². The molecule has 1 heterocycles. The van der Waals surface area contributed by atoms with Crippen LogP contribution in [-0.2, 0) is 4.79 Å². The first-order valence-corrected chi connectivity index (χ1v) is 7.41. The molecular weight excluding hydrogens is 304 g/mol. The van der Waals surface area contributed by atoms with Gasteiger partial charge in [-0.1, -0.05) is 12.1 Å². The molecule has 1 aliphatic heterocycles. The highest BCUT2D eigenvalue weighted by molar-refractivity contribution is 5.85. The van der Waals surface area contributed by atoms with E-state index in [4.69, 9.17) is 15.2 Å². The first-order chi connectivity index (χ1) is 10.1. The Labute approximate surface area is 138 Å². The van der Waals surface area contributed by atoms with E-state index in [0.717, 1.165) is 25.9 Å². The van der Waals surface area contributed by atoms with Crippen LogP contribution in [0, 0.1) is 5.92 Å². The predicted molar refractivity (Wildman–Crippen MR) is 88.7 cm³/mol. The van der Waals surface area contributed by atoms with Gasteiger partial charge in [0.2, 0.25) is 0 Å². The molecule has 1 fully saturated rings. The van der Waals surface area contributed by atoms with Crippen LogP contribution in [0.1, 0.15) is 19.8 Å². The predicted octanol–water partition coefficient (Wildman–Crippen LogP) is 2.08. The number of carbonyl (C=O) groups excluding carboxylic acids is 1. The standard InChI is InChI=1S/C16H24N2O3.ClH/c1-12(17)13-6-5-9-18(10-13)16(19)11-21-15-8-4-3-7-14(15)20-2;/h3-4,7-8,12-13H,5-6,9-11,17H2,1-2H3;1H. The lowest BCUT2D eigenvalue weighted by molar-refractivity contribution is -0.135. The molecule has 0 radical (unpaired) electrons. The van der Waals surface area contributed by atoms with E-state index in [1.807, 2.05) is 30.0 Å². The molecule has 2 atom stereocenters. The van der Waals surface area contributed by atoms with Crippen molar-refractivity contribution in [3.05, 3.63) is 24.3 Å². The normalized spacial score (nSPS) is 19.0. The van der Waals surface area contributed by atoms with E-state index in [0.29, 0.717) is 17.4 Å².